The van der Waals surface area contributed by atoms with Gasteiger partial charge in [0.2, 0.25) is 16.0 Å². The first kappa shape index (κ1) is 29.6. The van der Waals surface area contributed by atoms with Crippen molar-refractivity contribution >= 4 is 33.4 Å². The summed E-state index contributed by atoms with van der Waals surface area (Å²) in [6, 6.07) is 10.4. The molecule has 0 aliphatic rings. The Bertz CT molecular complexity index is 1410. The first-order valence-electron chi connectivity index (χ1n) is 12.1. The predicted molar refractivity (Wildman–Crippen MR) is 147 cm³/mol. The van der Waals surface area contributed by atoms with Crippen LogP contribution in [0.15, 0.2) is 48.8 Å². The minimum Gasteiger partial charge on any atom is -0.496 e. The van der Waals surface area contributed by atoms with Crippen LogP contribution in [0.25, 0.3) is 11.4 Å². The second-order valence-electron chi connectivity index (χ2n) is 9.90. The van der Waals surface area contributed by atoms with Gasteiger partial charge in [-0.05, 0) is 48.6 Å². The van der Waals surface area contributed by atoms with Crippen molar-refractivity contribution in [3.05, 3.63) is 54.6 Å². The molecule has 13 heteroatoms. The first-order chi connectivity index (χ1) is 18.3. The van der Waals surface area contributed by atoms with Crippen LogP contribution in [-0.4, -0.2) is 55.5 Å². The summed E-state index contributed by atoms with van der Waals surface area (Å²) < 4.78 is 51.2. The number of hydrogen-bond acceptors (Lipinski definition) is 9. The molecule has 39 heavy (non-hydrogen) atoms. The van der Waals surface area contributed by atoms with Gasteiger partial charge in [0, 0.05) is 11.8 Å². The van der Waals surface area contributed by atoms with Gasteiger partial charge in [0.05, 0.1) is 37.3 Å². The molecule has 3 aromatic rings. The van der Waals surface area contributed by atoms with Crippen molar-refractivity contribution in [1.29, 1.82) is 0 Å². The molecule has 0 aliphatic heterocycles. The molecule has 0 spiro atoms. The molecule has 210 valence electrons. The van der Waals surface area contributed by atoms with Crippen molar-refractivity contribution in [1.82, 2.24) is 15.0 Å². The van der Waals surface area contributed by atoms with Gasteiger partial charge in [0.15, 0.2) is 5.82 Å². The van der Waals surface area contributed by atoms with Crippen LogP contribution in [0.5, 0.6) is 5.75 Å². The highest BCUT2D eigenvalue weighted by atomic mass is 32.2. The van der Waals surface area contributed by atoms with Crippen LogP contribution in [0, 0.1) is 11.2 Å². The molecule has 0 bridgehead atoms. The summed E-state index contributed by atoms with van der Waals surface area (Å²) in [5.41, 5.74) is 6.06. The van der Waals surface area contributed by atoms with E-state index < -0.39 is 33.4 Å². The zero-order chi connectivity index (χ0) is 28.8. The Morgan fingerprint density at radius 1 is 1.18 bits per heavy atom. The highest BCUT2D eigenvalue weighted by Crippen LogP contribution is 2.35. The number of rotatable bonds is 11. The fourth-order valence-corrected chi connectivity index (χ4v) is 5.52. The van der Waals surface area contributed by atoms with Crippen LogP contribution < -0.4 is 20.1 Å². The van der Waals surface area contributed by atoms with E-state index in [1.807, 2.05) is 20.8 Å². The summed E-state index contributed by atoms with van der Waals surface area (Å²) in [5.74, 6) is 0.284. The van der Waals surface area contributed by atoms with E-state index in [1.165, 1.54) is 35.9 Å². The SMILES string of the molecule is COc1cc(F)ccc1-c1ncnc(Nc2cccc(N(C(CCCOC(N)=O)C(C)(C)C)S(C)(=O)=O)c2)n1. The van der Waals surface area contributed by atoms with Gasteiger partial charge in [-0.2, -0.15) is 4.98 Å². The van der Waals surface area contributed by atoms with Crippen molar-refractivity contribution in [2.45, 2.75) is 39.7 Å². The molecule has 0 saturated carbocycles. The lowest BCUT2D eigenvalue weighted by Crippen LogP contribution is -2.47. The Labute approximate surface area is 227 Å². The summed E-state index contributed by atoms with van der Waals surface area (Å²) in [6.07, 6.45) is 2.44. The maximum atomic E-state index is 13.6. The van der Waals surface area contributed by atoms with Gasteiger partial charge >= 0.3 is 6.09 Å². The Morgan fingerprint density at radius 3 is 2.56 bits per heavy atom. The highest BCUT2D eigenvalue weighted by Gasteiger charge is 2.35. The number of aromatic nitrogens is 3. The molecule has 2 aromatic carbocycles. The van der Waals surface area contributed by atoms with Crippen molar-refractivity contribution in [2.24, 2.45) is 11.1 Å². The summed E-state index contributed by atoms with van der Waals surface area (Å²) in [4.78, 5) is 23.7. The van der Waals surface area contributed by atoms with E-state index in [0.717, 1.165) is 6.26 Å². The van der Waals surface area contributed by atoms with Gasteiger partial charge in [-0.15, -0.1) is 0 Å². The van der Waals surface area contributed by atoms with E-state index in [1.54, 1.807) is 24.3 Å². The maximum absolute atomic E-state index is 13.6. The third kappa shape index (κ3) is 7.99. The van der Waals surface area contributed by atoms with Crippen LogP contribution in [0.2, 0.25) is 0 Å². The molecular weight excluding hydrogens is 527 g/mol. The Hall–Kier alpha value is -4.00. The van der Waals surface area contributed by atoms with E-state index in [0.29, 0.717) is 29.8 Å². The van der Waals surface area contributed by atoms with Crippen LogP contribution in [-0.2, 0) is 14.8 Å². The number of ether oxygens (including phenoxy) is 2. The summed E-state index contributed by atoms with van der Waals surface area (Å²) in [7, 11) is -2.29. The number of nitrogens with one attached hydrogen (secondary N) is 1. The number of sulfonamides is 1. The third-order valence-corrected chi connectivity index (χ3v) is 7.02. The summed E-state index contributed by atoms with van der Waals surface area (Å²) in [6.45, 7) is 5.93. The number of benzene rings is 2. The molecule has 1 atom stereocenters. The van der Waals surface area contributed by atoms with Gasteiger partial charge in [-0.1, -0.05) is 26.8 Å². The molecule has 1 unspecified atom stereocenters. The highest BCUT2D eigenvalue weighted by molar-refractivity contribution is 7.92. The number of nitrogens with zero attached hydrogens (tertiary/aromatic N) is 4. The van der Waals surface area contributed by atoms with Crippen LogP contribution in [0.1, 0.15) is 33.6 Å². The van der Waals surface area contributed by atoms with Gasteiger partial charge in [0.1, 0.15) is 17.9 Å². The van der Waals surface area contributed by atoms with E-state index in [2.05, 4.69) is 20.3 Å². The lowest BCUT2D eigenvalue weighted by Gasteiger charge is -2.40. The lowest BCUT2D eigenvalue weighted by atomic mass is 9.84. The Balaban J connectivity index is 1.92. The number of amides is 1. The fourth-order valence-electron chi connectivity index (χ4n) is 4.14. The fraction of sp³-hybridized carbons (Fsp3) is 0.385. The van der Waals surface area contributed by atoms with Gasteiger partial charge < -0.3 is 20.5 Å². The van der Waals surface area contributed by atoms with E-state index >= 15 is 0 Å². The van der Waals surface area contributed by atoms with E-state index in [4.69, 9.17) is 15.2 Å². The lowest BCUT2D eigenvalue weighted by molar-refractivity contribution is 0.151. The largest absolute Gasteiger partial charge is 0.496 e. The Kier molecular flexibility index (Phi) is 9.28. The number of carbonyl (C=O) groups excluding carboxylic acids is 1. The molecule has 1 aromatic heterocycles. The number of primary amides is 1. The minimum atomic E-state index is -3.71. The van der Waals surface area contributed by atoms with Crippen LogP contribution >= 0.6 is 0 Å². The second-order valence-corrected chi connectivity index (χ2v) is 11.8. The summed E-state index contributed by atoms with van der Waals surface area (Å²) >= 11 is 0. The normalized spacial score (nSPS) is 12.5. The average Bonchev–Trinajstić information content (AvgIpc) is 2.84. The van der Waals surface area contributed by atoms with Crippen molar-refractivity contribution in [3.63, 3.8) is 0 Å². The van der Waals surface area contributed by atoms with Crippen molar-refractivity contribution in [2.75, 3.05) is 29.6 Å². The molecule has 0 saturated heterocycles. The number of methoxy groups -OCH3 is 1. The predicted octanol–water partition coefficient (Wildman–Crippen LogP) is 4.49. The summed E-state index contributed by atoms with van der Waals surface area (Å²) in [5, 5.41) is 3.08. The van der Waals surface area contributed by atoms with E-state index in [-0.39, 0.29) is 24.1 Å². The average molecular weight is 561 g/mol. The van der Waals surface area contributed by atoms with Crippen molar-refractivity contribution < 1.29 is 27.1 Å². The molecule has 11 nitrogen and oxygen atoms in total. The minimum absolute atomic E-state index is 0.0850. The first-order valence-corrected chi connectivity index (χ1v) is 14.0. The number of carbonyl (C=O) groups is 1. The van der Waals surface area contributed by atoms with Gasteiger partial charge in [0.25, 0.3) is 0 Å². The molecule has 0 fully saturated rings. The molecular formula is C26H33FN6O5S. The second kappa shape index (κ2) is 12.2. The third-order valence-electron chi connectivity index (χ3n) is 5.84. The molecule has 0 aliphatic carbocycles. The molecule has 1 amide bonds. The van der Waals surface area contributed by atoms with E-state index in [9.17, 15) is 17.6 Å². The molecule has 3 N–H and O–H groups in total. The van der Waals surface area contributed by atoms with Crippen LogP contribution in [0.4, 0.5) is 26.5 Å². The zero-order valence-corrected chi connectivity index (χ0v) is 23.3. The van der Waals surface area contributed by atoms with Gasteiger partial charge in [-0.3, -0.25) is 4.31 Å². The smallest absolute Gasteiger partial charge is 0.404 e. The quantitative estimate of drug-likeness (QED) is 0.323. The van der Waals surface area contributed by atoms with Crippen molar-refractivity contribution in [3.8, 4) is 17.1 Å². The topological polar surface area (TPSA) is 150 Å². The number of halogens is 1. The monoisotopic (exact) mass is 560 g/mol. The van der Waals surface area contributed by atoms with Crippen LogP contribution in [0.3, 0.4) is 0 Å². The zero-order valence-electron chi connectivity index (χ0n) is 22.5. The molecule has 3 rings (SSSR count). The molecule has 1 heterocycles. The number of anilines is 3. The standard InChI is InChI=1S/C26H33FN6O5S/c1-26(2,3)22(10-7-13-38-24(28)34)33(39(5,35)36)19-9-6-8-18(15-19)31-25-30-16-29-23(32-25)20-12-11-17(27)14-21(20)37-4/h6,8-9,11-12,14-16,22H,7,10,13H2,1-5H3,(H2,28,34)(H,29,30,31,32). The number of hydrogen-bond donors (Lipinski definition) is 2. The number of nitrogens with two attached hydrogens (primary N) is 1. The Morgan fingerprint density at radius 2 is 1.92 bits per heavy atom. The molecule has 0 radical (unpaired) electrons. The van der Waals surface area contributed by atoms with Gasteiger partial charge in [-0.25, -0.2) is 27.6 Å². The maximum Gasteiger partial charge on any atom is 0.404 e.